The summed E-state index contributed by atoms with van der Waals surface area (Å²) in [6.45, 7) is 5.61. The topological polar surface area (TPSA) is 49.4 Å². The van der Waals surface area contributed by atoms with Crippen molar-refractivity contribution in [1.29, 1.82) is 0 Å². The molecule has 0 fully saturated rings. The van der Waals surface area contributed by atoms with Gasteiger partial charge in [0.2, 0.25) is 0 Å². The van der Waals surface area contributed by atoms with E-state index >= 15 is 0 Å². The molecule has 0 spiro atoms. The first kappa shape index (κ1) is 14.6. The fourth-order valence-electron chi connectivity index (χ4n) is 1.57. The van der Waals surface area contributed by atoms with E-state index in [4.69, 9.17) is 0 Å². The van der Waals surface area contributed by atoms with Crippen LogP contribution in [0, 0.1) is 0 Å². The number of sulfonamides is 1. The fourth-order valence-corrected chi connectivity index (χ4v) is 4.54. The van der Waals surface area contributed by atoms with Crippen LogP contribution in [0.15, 0.2) is 16.3 Å². The van der Waals surface area contributed by atoms with Crippen molar-refractivity contribution in [3.05, 3.63) is 17.0 Å². The minimum absolute atomic E-state index is 0.451. The molecule has 0 aliphatic rings. The Hall–Kier alpha value is -0.430. The molecule has 1 N–H and O–H groups in total. The van der Waals surface area contributed by atoms with E-state index < -0.39 is 10.0 Å². The summed E-state index contributed by atoms with van der Waals surface area (Å²) in [5.74, 6) is 0. The van der Waals surface area contributed by atoms with Gasteiger partial charge >= 0.3 is 0 Å². The van der Waals surface area contributed by atoms with E-state index in [0.29, 0.717) is 17.3 Å². The average molecular weight is 276 g/mol. The van der Waals surface area contributed by atoms with Gasteiger partial charge in [0.05, 0.1) is 0 Å². The summed E-state index contributed by atoms with van der Waals surface area (Å²) in [7, 11) is -1.38. The molecule has 0 bridgehead atoms. The molecular formula is C11H20N2O2S2. The summed E-state index contributed by atoms with van der Waals surface area (Å²) in [6, 6.07) is 3.61. The summed E-state index contributed by atoms with van der Waals surface area (Å²) < 4.78 is 26.3. The smallest absolute Gasteiger partial charge is 0.252 e. The summed E-state index contributed by atoms with van der Waals surface area (Å²) in [6.07, 6.45) is 0.870. The molecule has 0 saturated carbocycles. The van der Waals surface area contributed by atoms with Crippen LogP contribution in [0.2, 0.25) is 0 Å². The average Bonchev–Trinajstić information content (AvgIpc) is 2.77. The third-order valence-corrected chi connectivity index (χ3v) is 6.22. The van der Waals surface area contributed by atoms with Gasteiger partial charge in [-0.3, -0.25) is 0 Å². The summed E-state index contributed by atoms with van der Waals surface area (Å²) >= 11 is 1.37. The lowest BCUT2D eigenvalue weighted by atomic mass is 10.3. The lowest BCUT2D eigenvalue weighted by Crippen LogP contribution is -2.29. The van der Waals surface area contributed by atoms with Crippen molar-refractivity contribution in [2.75, 3.05) is 26.7 Å². The van der Waals surface area contributed by atoms with Crippen molar-refractivity contribution in [3.63, 3.8) is 0 Å². The van der Waals surface area contributed by atoms with E-state index in [1.54, 1.807) is 6.07 Å². The summed E-state index contributed by atoms with van der Waals surface area (Å²) in [4.78, 5) is 1.10. The van der Waals surface area contributed by atoms with E-state index in [1.165, 1.54) is 15.6 Å². The lowest BCUT2D eigenvalue weighted by Gasteiger charge is -2.16. The molecule has 0 radical (unpaired) electrons. The van der Waals surface area contributed by atoms with Crippen molar-refractivity contribution >= 4 is 21.4 Å². The third kappa shape index (κ3) is 3.51. The molecule has 0 saturated heterocycles. The van der Waals surface area contributed by atoms with Gasteiger partial charge in [-0.1, -0.05) is 13.8 Å². The summed E-state index contributed by atoms with van der Waals surface area (Å²) in [5, 5.41) is 3.06. The number of thiophene rings is 1. The van der Waals surface area contributed by atoms with Crippen molar-refractivity contribution in [2.24, 2.45) is 0 Å². The minimum atomic E-state index is -3.27. The second kappa shape index (κ2) is 6.49. The van der Waals surface area contributed by atoms with Crippen LogP contribution in [0.5, 0.6) is 0 Å². The Morgan fingerprint density at radius 2 is 1.94 bits per heavy atom. The Kier molecular flexibility index (Phi) is 5.58. The van der Waals surface area contributed by atoms with E-state index in [0.717, 1.165) is 17.8 Å². The van der Waals surface area contributed by atoms with Crippen LogP contribution in [-0.4, -0.2) is 39.4 Å². The van der Waals surface area contributed by atoms with Gasteiger partial charge in [-0.25, -0.2) is 8.42 Å². The predicted molar refractivity (Wildman–Crippen MR) is 72.1 cm³/mol. The van der Waals surface area contributed by atoms with Gasteiger partial charge in [0.15, 0.2) is 0 Å². The molecule has 1 aromatic heterocycles. The van der Waals surface area contributed by atoms with Crippen LogP contribution in [-0.2, 0) is 16.4 Å². The molecular weight excluding hydrogens is 256 g/mol. The zero-order valence-corrected chi connectivity index (χ0v) is 12.2. The van der Waals surface area contributed by atoms with Gasteiger partial charge in [0.1, 0.15) is 4.21 Å². The predicted octanol–water partition coefficient (Wildman–Crippen LogP) is 1.54. The van der Waals surface area contributed by atoms with Gasteiger partial charge in [-0.2, -0.15) is 4.31 Å². The number of hydrogen-bond donors (Lipinski definition) is 1. The molecule has 17 heavy (non-hydrogen) atoms. The lowest BCUT2D eigenvalue weighted by molar-refractivity contribution is 0.447. The van der Waals surface area contributed by atoms with Crippen LogP contribution in [0.4, 0.5) is 0 Å². The van der Waals surface area contributed by atoms with Crippen LogP contribution in [0.3, 0.4) is 0 Å². The van der Waals surface area contributed by atoms with E-state index in [1.807, 2.05) is 27.0 Å². The molecule has 0 aromatic carbocycles. The molecule has 98 valence electrons. The minimum Gasteiger partial charge on any atom is -0.319 e. The number of likely N-dealkylation sites (N-methyl/N-ethyl adjacent to an activating group) is 1. The molecule has 0 unspecified atom stereocenters. The normalized spacial score (nSPS) is 12.2. The van der Waals surface area contributed by atoms with Gasteiger partial charge in [-0.15, -0.1) is 11.3 Å². The van der Waals surface area contributed by atoms with Crippen molar-refractivity contribution in [1.82, 2.24) is 9.62 Å². The van der Waals surface area contributed by atoms with Crippen molar-refractivity contribution in [2.45, 2.75) is 24.5 Å². The Bertz CT molecular complexity index is 436. The number of rotatable bonds is 7. The standard InChI is InChI=1S/C11H20N2O2S2/c1-4-13(5-2)17(14,15)11-7-6-10(16-11)8-9-12-3/h6-7,12H,4-5,8-9H2,1-3H3. The van der Waals surface area contributed by atoms with E-state index in [9.17, 15) is 8.42 Å². The van der Waals surface area contributed by atoms with Crippen LogP contribution in [0.1, 0.15) is 18.7 Å². The zero-order valence-electron chi connectivity index (χ0n) is 10.6. The Labute approximate surface area is 108 Å². The summed E-state index contributed by atoms with van der Waals surface area (Å²) in [5.41, 5.74) is 0. The molecule has 0 atom stereocenters. The number of hydrogen-bond acceptors (Lipinski definition) is 4. The third-order valence-electron chi connectivity index (χ3n) is 2.56. The maximum Gasteiger partial charge on any atom is 0.252 e. The highest BCUT2D eigenvalue weighted by Gasteiger charge is 2.23. The van der Waals surface area contributed by atoms with Gasteiger partial charge in [0, 0.05) is 18.0 Å². The highest BCUT2D eigenvalue weighted by molar-refractivity contribution is 7.91. The highest BCUT2D eigenvalue weighted by atomic mass is 32.2. The van der Waals surface area contributed by atoms with Gasteiger partial charge in [0.25, 0.3) is 10.0 Å². The molecule has 0 aliphatic heterocycles. The molecule has 1 rings (SSSR count). The number of nitrogens with one attached hydrogen (secondary N) is 1. The maximum atomic E-state index is 12.2. The molecule has 1 heterocycles. The second-order valence-corrected chi connectivity index (χ2v) is 7.00. The number of nitrogens with zero attached hydrogens (tertiary/aromatic N) is 1. The monoisotopic (exact) mass is 276 g/mol. The van der Waals surface area contributed by atoms with E-state index in [2.05, 4.69) is 5.32 Å². The van der Waals surface area contributed by atoms with Crippen molar-refractivity contribution < 1.29 is 8.42 Å². The largest absolute Gasteiger partial charge is 0.319 e. The molecule has 4 nitrogen and oxygen atoms in total. The molecule has 1 aromatic rings. The Balaban J connectivity index is 2.88. The Morgan fingerprint density at radius 1 is 1.29 bits per heavy atom. The first-order valence-corrected chi connectivity index (χ1v) is 8.05. The molecule has 0 aliphatic carbocycles. The van der Waals surface area contributed by atoms with Crippen LogP contribution >= 0.6 is 11.3 Å². The van der Waals surface area contributed by atoms with E-state index in [-0.39, 0.29) is 0 Å². The zero-order chi connectivity index (χ0) is 12.9. The van der Waals surface area contributed by atoms with Crippen LogP contribution < -0.4 is 5.32 Å². The van der Waals surface area contributed by atoms with Gasteiger partial charge < -0.3 is 5.32 Å². The molecule has 0 amide bonds. The SMILES string of the molecule is CCN(CC)S(=O)(=O)c1ccc(CCNC)s1. The fraction of sp³-hybridized carbons (Fsp3) is 0.636. The first-order valence-electron chi connectivity index (χ1n) is 5.79. The first-order chi connectivity index (χ1) is 8.06. The second-order valence-electron chi connectivity index (χ2n) is 3.66. The quantitative estimate of drug-likeness (QED) is 0.822. The van der Waals surface area contributed by atoms with Crippen molar-refractivity contribution in [3.8, 4) is 0 Å². The van der Waals surface area contributed by atoms with Gasteiger partial charge in [-0.05, 0) is 32.1 Å². The maximum absolute atomic E-state index is 12.2. The highest BCUT2D eigenvalue weighted by Crippen LogP contribution is 2.24. The van der Waals surface area contributed by atoms with Crippen LogP contribution in [0.25, 0.3) is 0 Å². The molecule has 6 heteroatoms. The Morgan fingerprint density at radius 3 is 2.47 bits per heavy atom.